The molecular formula is C37H28ClN9O6S2. The summed E-state index contributed by atoms with van der Waals surface area (Å²) in [4.78, 5) is 12.4. The number of benzene rings is 6. The number of nitrogens with zero attached hydrogens (tertiary/aromatic N) is 7. The summed E-state index contributed by atoms with van der Waals surface area (Å²) in [5, 5.41) is 25.3. The van der Waals surface area contributed by atoms with E-state index in [-0.39, 0.29) is 27.0 Å². The standard InChI is InChI=1S/C37H28ClN9O6S2/c1-21-19-23(11-13-29(21)44-46-31-15-17-33(54(48,49)50)27-9-5-3-7-25(27)31)39-36-41-35(38)42-37(43-36)40-24-12-14-30(22(2)20-24)45-47-32-16-18-34(55(51,52)53)28-10-6-4-8-26(28)32/h3-20H,1-2H3,(H,48,49,50)(H,51,52,53)(H2,39,40,41,42,43)/b46-44+,47-45+. The molecule has 0 atom stereocenters. The summed E-state index contributed by atoms with van der Waals surface area (Å²) in [5.41, 5.74) is 4.79. The zero-order valence-corrected chi connectivity index (χ0v) is 31.1. The van der Waals surface area contributed by atoms with Crippen molar-refractivity contribution in [2.75, 3.05) is 10.6 Å². The third kappa shape index (κ3) is 8.30. The number of nitrogens with one attached hydrogen (secondary N) is 2. The maximum atomic E-state index is 11.9. The molecule has 1 heterocycles. The lowest BCUT2D eigenvalue weighted by molar-refractivity contribution is 0.482. The van der Waals surface area contributed by atoms with Crippen molar-refractivity contribution in [1.29, 1.82) is 0 Å². The number of fused-ring (bicyclic) bond motifs is 2. The molecule has 0 aliphatic heterocycles. The quantitative estimate of drug-likeness (QED) is 0.0753. The third-order valence-electron chi connectivity index (χ3n) is 8.32. The highest BCUT2D eigenvalue weighted by atomic mass is 35.5. The Balaban J connectivity index is 1.06. The first kappa shape index (κ1) is 37.1. The molecule has 0 aliphatic rings. The molecule has 0 aliphatic carbocycles. The zero-order chi connectivity index (χ0) is 38.9. The lowest BCUT2D eigenvalue weighted by Crippen LogP contribution is -2.04. The molecule has 0 spiro atoms. The van der Waals surface area contributed by atoms with E-state index in [0.717, 1.165) is 11.1 Å². The summed E-state index contributed by atoms with van der Waals surface area (Å²) in [6.45, 7) is 3.69. The van der Waals surface area contributed by atoms with Crippen LogP contribution in [0.3, 0.4) is 0 Å². The van der Waals surface area contributed by atoms with Crippen molar-refractivity contribution >= 4 is 99.4 Å². The Hall–Kier alpha value is -6.24. The van der Waals surface area contributed by atoms with Crippen LogP contribution in [0, 0.1) is 13.8 Å². The normalized spacial score (nSPS) is 12.2. The minimum Gasteiger partial charge on any atom is -0.324 e. The highest BCUT2D eigenvalue weighted by Crippen LogP contribution is 2.35. The van der Waals surface area contributed by atoms with Gasteiger partial charge >= 0.3 is 0 Å². The first-order valence-electron chi connectivity index (χ1n) is 16.2. The van der Waals surface area contributed by atoms with E-state index in [1.165, 1.54) is 24.3 Å². The molecule has 0 bridgehead atoms. The topological polar surface area (TPSA) is 221 Å². The molecule has 7 rings (SSSR count). The number of halogens is 1. The van der Waals surface area contributed by atoms with Gasteiger partial charge in [0.1, 0.15) is 9.79 Å². The van der Waals surface area contributed by atoms with E-state index < -0.39 is 20.2 Å². The lowest BCUT2D eigenvalue weighted by Gasteiger charge is -2.10. The number of aromatic nitrogens is 3. The lowest BCUT2D eigenvalue weighted by atomic mass is 10.1. The molecule has 1 aromatic heterocycles. The first-order valence-corrected chi connectivity index (χ1v) is 19.5. The maximum absolute atomic E-state index is 11.9. The zero-order valence-electron chi connectivity index (χ0n) is 28.7. The maximum Gasteiger partial charge on any atom is 0.295 e. The van der Waals surface area contributed by atoms with Crippen LogP contribution in [0.1, 0.15) is 11.1 Å². The Bertz CT molecular complexity index is 2750. The molecule has 0 radical (unpaired) electrons. The van der Waals surface area contributed by atoms with Crippen molar-refractivity contribution < 1.29 is 25.9 Å². The van der Waals surface area contributed by atoms with Crippen LogP contribution in [0.15, 0.2) is 139 Å². The predicted molar refractivity (Wildman–Crippen MR) is 210 cm³/mol. The molecule has 0 saturated carbocycles. The summed E-state index contributed by atoms with van der Waals surface area (Å²) in [5.74, 6) is 0.354. The van der Waals surface area contributed by atoms with Crippen LogP contribution in [-0.4, -0.2) is 40.9 Å². The predicted octanol–water partition coefficient (Wildman–Crippen LogP) is 10.3. The number of hydrogen-bond donors (Lipinski definition) is 4. The number of rotatable bonds is 10. The minimum absolute atomic E-state index is 0.0521. The van der Waals surface area contributed by atoms with E-state index in [0.29, 0.717) is 55.7 Å². The molecule has 15 nitrogen and oxygen atoms in total. The summed E-state index contributed by atoms with van der Waals surface area (Å²) < 4.78 is 66.7. The molecule has 0 fully saturated rings. The van der Waals surface area contributed by atoms with Crippen LogP contribution in [0.25, 0.3) is 21.5 Å². The highest BCUT2D eigenvalue weighted by Gasteiger charge is 2.17. The van der Waals surface area contributed by atoms with Gasteiger partial charge in [0.25, 0.3) is 20.2 Å². The van der Waals surface area contributed by atoms with Gasteiger partial charge in [0.05, 0.1) is 22.7 Å². The average molecular weight is 794 g/mol. The third-order valence-corrected chi connectivity index (χ3v) is 10.3. The van der Waals surface area contributed by atoms with E-state index in [9.17, 15) is 25.9 Å². The second-order valence-corrected chi connectivity index (χ2v) is 15.2. The smallest absolute Gasteiger partial charge is 0.295 e. The van der Waals surface area contributed by atoms with Gasteiger partial charge in [-0.1, -0.05) is 48.5 Å². The fraction of sp³-hybridized carbons (Fsp3) is 0.0541. The number of anilines is 4. The van der Waals surface area contributed by atoms with Gasteiger partial charge in [-0.05, 0) is 97.2 Å². The number of azo groups is 2. The number of aryl methyl sites for hydroxylation is 2. The molecule has 0 saturated heterocycles. The molecule has 0 unspecified atom stereocenters. The van der Waals surface area contributed by atoms with Crippen LogP contribution in [-0.2, 0) is 20.2 Å². The van der Waals surface area contributed by atoms with Crippen molar-refractivity contribution in [1.82, 2.24) is 15.0 Å². The van der Waals surface area contributed by atoms with E-state index in [4.69, 9.17) is 11.6 Å². The molecule has 276 valence electrons. The van der Waals surface area contributed by atoms with Gasteiger partial charge in [-0.3, -0.25) is 9.11 Å². The second-order valence-electron chi connectivity index (χ2n) is 12.1. The molecule has 18 heteroatoms. The van der Waals surface area contributed by atoms with E-state index in [2.05, 4.69) is 46.0 Å². The van der Waals surface area contributed by atoms with Gasteiger partial charge in [0, 0.05) is 32.9 Å². The Kier molecular flexibility index (Phi) is 10.0. The van der Waals surface area contributed by atoms with Crippen LogP contribution in [0.2, 0.25) is 5.28 Å². The monoisotopic (exact) mass is 793 g/mol. The van der Waals surface area contributed by atoms with Gasteiger partial charge in [-0.2, -0.15) is 42.0 Å². The summed E-state index contributed by atoms with van der Waals surface area (Å²) in [6.07, 6.45) is 0. The molecule has 6 aromatic carbocycles. The second kappa shape index (κ2) is 14.9. The summed E-state index contributed by atoms with van der Waals surface area (Å²) >= 11 is 6.26. The SMILES string of the molecule is Cc1cc(Nc2nc(Cl)nc(Nc3ccc(/N=N/c4ccc(S(=O)(=O)O)c5ccccc45)c(C)c3)n2)ccc1/N=N/c1ccc(S(=O)(=O)O)c2ccccc12. The molecule has 7 aromatic rings. The van der Waals surface area contributed by atoms with E-state index in [1.54, 1.807) is 72.8 Å². The van der Waals surface area contributed by atoms with Gasteiger partial charge in [-0.25, -0.2) is 0 Å². The van der Waals surface area contributed by atoms with Crippen LogP contribution >= 0.6 is 11.6 Å². The first-order chi connectivity index (χ1) is 26.2. The fourth-order valence-corrected chi connectivity index (χ4v) is 7.31. The minimum atomic E-state index is -4.42. The van der Waals surface area contributed by atoms with Gasteiger partial charge in [0.15, 0.2) is 0 Å². The van der Waals surface area contributed by atoms with Crippen molar-refractivity contribution in [3.63, 3.8) is 0 Å². The van der Waals surface area contributed by atoms with Crippen LogP contribution in [0.4, 0.5) is 46.0 Å². The van der Waals surface area contributed by atoms with Gasteiger partial charge in [0.2, 0.25) is 17.2 Å². The Morgan fingerprint density at radius 2 is 0.873 bits per heavy atom. The summed E-state index contributed by atoms with van der Waals surface area (Å²) in [7, 11) is -8.85. The highest BCUT2D eigenvalue weighted by molar-refractivity contribution is 7.86. The Morgan fingerprint density at radius 1 is 0.509 bits per heavy atom. The van der Waals surface area contributed by atoms with Crippen molar-refractivity contribution in [3.05, 3.63) is 126 Å². The number of hydrogen-bond acceptors (Lipinski definition) is 13. The van der Waals surface area contributed by atoms with Crippen LogP contribution in [0.5, 0.6) is 0 Å². The van der Waals surface area contributed by atoms with E-state index in [1.807, 2.05) is 26.0 Å². The average Bonchev–Trinajstić information content (AvgIpc) is 3.13. The Morgan fingerprint density at radius 3 is 1.25 bits per heavy atom. The molecular weight excluding hydrogens is 766 g/mol. The van der Waals surface area contributed by atoms with E-state index >= 15 is 0 Å². The molecule has 55 heavy (non-hydrogen) atoms. The largest absolute Gasteiger partial charge is 0.324 e. The van der Waals surface area contributed by atoms with Crippen molar-refractivity contribution in [3.8, 4) is 0 Å². The van der Waals surface area contributed by atoms with Gasteiger partial charge < -0.3 is 10.6 Å². The Labute approximate surface area is 319 Å². The fourth-order valence-electron chi connectivity index (χ4n) is 5.76. The van der Waals surface area contributed by atoms with Crippen LogP contribution < -0.4 is 10.6 Å². The van der Waals surface area contributed by atoms with Crippen molar-refractivity contribution in [2.45, 2.75) is 23.6 Å². The van der Waals surface area contributed by atoms with Gasteiger partial charge in [-0.15, -0.1) is 10.2 Å². The van der Waals surface area contributed by atoms with Crippen molar-refractivity contribution in [2.24, 2.45) is 20.5 Å². The molecule has 0 amide bonds. The summed E-state index contributed by atoms with van der Waals surface area (Å²) in [6, 6.07) is 29.6. The molecule has 4 N–H and O–H groups in total.